The van der Waals surface area contributed by atoms with Crippen LogP contribution in [0.2, 0.25) is 0 Å². The summed E-state index contributed by atoms with van der Waals surface area (Å²) in [5.41, 5.74) is 1.74. The first-order valence-electron chi connectivity index (χ1n) is 11.1. The van der Waals surface area contributed by atoms with Gasteiger partial charge in [0, 0.05) is 51.4 Å². The summed E-state index contributed by atoms with van der Waals surface area (Å²) in [5, 5.41) is 0. The van der Waals surface area contributed by atoms with E-state index in [1.807, 2.05) is 30.9 Å². The van der Waals surface area contributed by atoms with Crippen molar-refractivity contribution in [3.63, 3.8) is 0 Å². The van der Waals surface area contributed by atoms with Crippen molar-refractivity contribution in [2.75, 3.05) is 46.4 Å². The molecule has 174 valence electrons. The first-order chi connectivity index (χ1) is 15.4. The summed E-state index contributed by atoms with van der Waals surface area (Å²) >= 11 is 0. The molecule has 0 spiro atoms. The van der Waals surface area contributed by atoms with Crippen molar-refractivity contribution >= 4 is 15.9 Å². The van der Waals surface area contributed by atoms with Gasteiger partial charge in [-0.2, -0.15) is 4.31 Å². The molecule has 0 radical (unpaired) electrons. The van der Waals surface area contributed by atoms with Crippen molar-refractivity contribution in [2.24, 2.45) is 0 Å². The van der Waals surface area contributed by atoms with Crippen LogP contribution in [0.5, 0.6) is 5.75 Å². The highest BCUT2D eigenvalue weighted by Crippen LogP contribution is 2.18. The molecule has 0 saturated carbocycles. The van der Waals surface area contributed by atoms with Crippen LogP contribution in [0.1, 0.15) is 36.2 Å². The highest BCUT2D eigenvalue weighted by molar-refractivity contribution is 7.89. The fourth-order valence-electron chi connectivity index (χ4n) is 3.99. The molecule has 0 aromatic heterocycles. The second-order valence-corrected chi connectivity index (χ2v) is 9.82. The minimum atomic E-state index is -3.52. The maximum Gasteiger partial charge on any atom is 0.253 e. The number of hydrogen-bond acceptors (Lipinski definition) is 5. The summed E-state index contributed by atoms with van der Waals surface area (Å²) in [7, 11) is -1.86. The SMILES string of the molecule is CCN(CC)S(=O)(=O)c1ccc(C(=O)N2CCCN(Cc3ccc(OC)cc3)CC2)cc1. The number of benzene rings is 2. The van der Waals surface area contributed by atoms with Crippen LogP contribution in [0.3, 0.4) is 0 Å². The van der Waals surface area contributed by atoms with Crippen LogP contribution in [0.25, 0.3) is 0 Å². The summed E-state index contributed by atoms with van der Waals surface area (Å²) < 4.78 is 32.0. The smallest absolute Gasteiger partial charge is 0.253 e. The van der Waals surface area contributed by atoms with Gasteiger partial charge in [-0.1, -0.05) is 26.0 Å². The molecule has 1 aliphatic rings. The molecule has 7 nitrogen and oxygen atoms in total. The number of carbonyl (C=O) groups is 1. The summed E-state index contributed by atoms with van der Waals surface area (Å²) in [5.74, 6) is 0.792. The van der Waals surface area contributed by atoms with Gasteiger partial charge >= 0.3 is 0 Å². The molecule has 1 saturated heterocycles. The number of nitrogens with zero attached hydrogens (tertiary/aromatic N) is 3. The monoisotopic (exact) mass is 459 g/mol. The van der Waals surface area contributed by atoms with E-state index in [1.165, 1.54) is 22.0 Å². The van der Waals surface area contributed by atoms with Crippen LogP contribution >= 0.6 is 0 Å². The number of ether oxygens (including phenoxy) is 1. The fourth-order valence-corrected chi connectivity index (χ4v) is 5.44. The predicted molar refractivity (Wildman–Crippen MR) is 125 cm³/mol. The van der Waals surface area contributed by atoms with Gasteiger partial charge in [0.2, 0.25) is 10.0 Å². The van der Waals surface area contributed by atoms with Crippen molar-refractivity contribution in [3.8, 4) is 5.75 Å². The van der Waals surface area contributed by atoms with Gasteiger partial charge in [0.05, 0.1) is 12.0 Å². The largest absolute Gasteiger partial charge is 0.497 e. The van der Waals surface area contributed by atoms with Crippen molar-refractivity contribution < 1.29 is 17.9 Å². The molecular weight excluding hydrogens is 426 g/mol. The molecule has 1 aliphatic heterocycles. The predicted octanol–water partition coefficient (Wildman–Crippen LogP) is 3.07. The molecule has 0 unspecified atom stereocenters. The van der Waals surface area contributed by atoms with E-state index in [0.717, 1.165) is 31.8 Å². The van der Waals surface area contributed by atoms with E-state index in [1.54, 1.807) is 19.2 Å². The van der Waals surface area contributed by atoms with Gasteiger partial charge in [0.25, 0.3) is 5.91 Å². The first-order valence-corrected chi connectivity index (χ1v) is 12.6. The summed E-state index contributed by atoms with van der Waals surface area (Å²) in [6, 6.07) is 14.4. The van der Waals surface area contributed by atoms with E-state index in [-0.39, 0.29) is 10.8 Å². The summed E-state index contributed by atoms with van der Waals surface area (Å²) in [4.78, 5) is 17.5. The standard InChI is InChI=1S/C24H33N3O4S/c1-4-27(5-2)32(29,30)23-13-9-21(10-14-23)24(28)26-16-6-15-25(17-18-26)19-20-7-11-22(31-3)12-8-20/h7-14H,4-6,15-19H2,1-3H3. The minimum absolute atomic E-state index is 0.0527. The zero-order valence-electron chi connectivity index (χ0n) is 19.2. The van der Waals surface area contributed by atoms with Crippen LogP contribution in [0.15, 0.2) is 53.4 Å². The lowest BCUT2D eigenvalue weighted by molar-refractivity contribution is 0.0761. The number of amides is 1. The number of sulfonamides is 1. The van der Waals surface area contributed by atoms with Gasteiger partial charge in [-0.05, 0) is 48.4 Å². The highest BCUT2D eigenvalue weighted by atomic mass is 32.2. The van der Waals surface area contributed by atoms with Gasteiger partial charge in [-0.25, -0.2) is 8.42 Å². The second kappa shape index (κ2) is 10.9. The Balaban J connectivity index is 1.61. The molecule has 0 N–H and O–H groups in total. The Morgan fingerprint density at radius 3 is 2.19 bits per heavy atom. The third kappa shape index (κ3) is 5.68. The topological polar surface area (TPSA) is 70.2 Å². The van der Waals surface area contributed by atoms with Crippen molar-refractivity contribution in [2.45, 2.75) is 31.7 Å². The van der Waals surface area contributed by atoms with Gasteiger partial charge in [0.1, 0.15) is 5.75 Å². The van der Waals surface area contributed by atoms with Crippen molar-refractivity contribution in [3.05, 3.63) is 59.7 Å². The van der Waals surface area contributed by atoms with E-state index in [4.69, 9.17) is 4.74 Å². The molecular formula is C24H33N3O4S. The average molecular weight is 460 g/mol. The van der Waals surface area contributed by atoms with Crippen LogP contribution in [0, 0.1) is 0 Å². The van der Waals surface area contributed by atoms with Crippen molar-refractivity contribution in [1.29, 1.82) is 0 Å². The Bertz CT molecular complexity index is 987. The molecule has 2 aromatic carbocycles. The Kier molecular flexibility index (Phi) is 8.28. The van der Waals surface area contributed by atoms with E-state index in [0.29, 0.717) is 31.7 Å². The van der Waals surface area contributed by atoms with Gasteiger partial charge < -0.3 is 9.64 Å². The van der Waals surface area contributed by atoms with Gasteiger partial charge in [-0.15, -0.1) is 0 Å². The zero-order chi connectivity index (χ0) is 23.1. The minimum Gasteiger partial charge on any atom is -0.497 e. The molecule has 0 bridgehead atoms. The molecule has 0 atom stereocenters. The van der Waals surface area contributed by atoms with E-state index >= 15 is 0 Å². The average Bonchev–Trinajstić information content (AvgIpc) is 3.05. The highest BCUT2D eigenvalue weighted by Gasteiger charge is 2.24. The molecule has 1 amide bonds. The van der Waals surface area contributed by atoms with Gasteiger partial charge in [-0.3, -0.25) is 9.69 Å². The van der Waals surface area contributed by atoms with Crippen LogP contribution in [-0.2, 0) is 16.6 Å². The Morgan fingerprint density at radius 1 is 0.938 bits per heavy atom. The lowest BCUT2D eigenvalue weighted by atomic mass is 10.2. The Morgan fingerprint density at radius 2 is 1.59 bits per heavy atom. The Labute approximate surface area is 191 Å². The fraction of sp³-hybridized carbons (Fsp3) is 0.458. The van der Waals surface area contributed by atoms with E-state index < -0.39 is 10.0 Å². The van der Waals surface area contributed by atoms with Crippen molar-refractivity contribution in [1.82, 2.24) is 14.1 Å². The summed E-state index contributed by atoms with van der Waals surface area (Å²) in [6.07, 6.45) is 0.899. The zero-order valence-corrected chi connectivity index (χ0v) is 20.0. The lowest BCUT2D eigenvalue weighted by Gasteiger charge is -2.22. The number of methoxy groups -OCH3 is 1. The number of hydrogen-bond donors (Lipinski definition) is 0. The lowest BCUT2D eigenvalue weighted by Crippen LogP contribution is -2.35. The maximum absolute atomic E-state index is 13.0. The normalized spacial score (nSPS) is 15.6. The number of carbonyl (C=O) groups excluding carboxylic acids is 1. The van der Waals surface area contributed by atoms with Crippen LogP contribution in [-0.4, -0.2) is 74.8 Å². The molecule has 1 heterocycles. The Hall–Kier alpha value is -2.42. The van der Waals surface area contributed by atoms with Gasteiger partial charge in [0.15, 0.2) is 0 Å². The second-order valence-electron chi connectivity index (χ2n) is 7.88. The molecule has 8 heteroatoms. The molecule has 0 aliphatic carbocycles. The third-order valence-electron chi connectivity index (χ3n) is 5.89. The van der Waals surface area contributed by atoms with E-state index in [9.17, 15) is 13.2 Å². The molecule has 2 aromatic rings. The van der Waals surface area contributed by atoms with Crippen LogP contribution in [0.4, 0.5) is 0 Å². The third-order valence-corrected chi connectivity index (χ3v) is 7.95. The first kappa shape index (κ1) is 24.2. The summed E-state index contributed by atoms with van der Waals surface area (Å²) in [6.45, 7) is 8.37. The maximum atomic E-state index is 13.0. The van der Waals surface area contributed by atoms with E-state index in [2.05, 4.69) is 17.0 Å². The molecule has 1 fully saturated rings. The molecule has 32 heavy (non-hydrogen) atoms. The number of rotatable bonds is 8. The quantitative estimate of drug-likeness (QED) is 0.607. The van der Waals surface area contributed by atoms with Crippen LogP contribution < -0.4 is 4.74 Å². The molecule has 3 rings (SSSR count).